The van der Waals surface area contributed by atoms with Gasteiger partial charge in [-0.25, -0.2) is 4.79 Å². The predicted octanol–water partition coefficient (Wildman–Crippen LogP) is 1.94. The molecule has 10 heteroatoms. The number of urea groups is 1. The number of anilines is 1. The smallest absolute Gasteiger partial charge is 0.318 e. The van der Waals surface area contributed by atoms with Crippen molar-refractivity contribution in [1.82, 2.24) is 15.1 Å². The van der Waals surface area contributed by atoms with Gasteiger partial charge in [0.1, 0.15) is 6.04 Å². The highest BCUT2D eigenvalue weighted by Crippen LogP contribution is 2.27. The van der Waals surface area contributed by atoms with E-state index in [1.165, 1.54) is 0 Å². The van der Waals surface area contributed by atoms with E-state index >= 15 is 0 Å². The lowest BCUT2D eigenvalue weighted by molar-refractivity contribution is -0.136. The lowest BCUT2D eigenvalue weighted by atomic mass is 9.96. The third-order valence-electron chi connectivity index (χ3n) is 5.75. The summed E-state index contributed by atoms with van der Waals surface area (Å²) in [5.74, 6) is -0.630. The largest absolute Gasteiger partial charge is 0.369 e. The molecule has 4 amide bonds. The summed E-state index contributed by atoms with van der Waals surface area (Å²) in [7, 11) is 0. The molecule has 0 aromatic heterocycles. The second kappa shape index (κ2) is 9.75. The number of piperazine rings is 1. The van der Waals surface area contributed by atoms with Gasteiger partial charge in [-0.05, 0) is 38.0 Å². The third-order valence-corrected chi connectivity index (χ3v) is 6.49. The van der Waals surface area contributed by atoms with Crippen LogP contribution in [0.2, 0.25) is 10.0 Å². The molecule has 30 heavy (non-hydrogen) atoms. The number of nitrogens with one attached hydrogen (secondary N) is 1. The van der Waals surface area contributed by atoms with Crippen molar-refractivity contribution in [2.75, 3.05) is 44.2 Å². The van der Waals surface area contributed by atoms with E-state index in [-0.39, 0.29) is 23.8 Å². The number of halogens is 2. The Hall–Kier alpha value is -2.19. The van der Waals surface area contributed by atoms with E-state index in [2.05, 4.69) is 10.2 Å². The number of piperidine rings is 1. The fraction of sp³-hybridized carbons (Fsp3) is 0.550. The van der Waals surface area contributed by atoms with Crippen LogP contribution < -0.4 is 16.0 Å². The highest BCUT2D eigenvalue weighted by molar-refractivity contribution is 6.42. The number of nitrogens with two attached hydrogens (primary N) is 1. The maximum Gasteiger partial charge on any atom is 0.318 e. The molecule has 0 saturated carbocycles. The monoisotopic (exact) mass is 455 g/mol. The summed E-state index contributed by atoms with van der Waals surface area (Å²) in [5.41, 5.74) is 6.30. The van der Waals surface area contributed by atoms with Crippen molar-refractivity contribution in [3.8, 4) is 0 Å². The standard InChI is InChI=1S/C20H27Cl2N5O3/c1-13(19(29)26-6-4-14(5-7-26)18(23)28)24-20(30)27-10-8-25(9-11-27)15-2-3-16(21)17(22)12-15/h2-3,12-14H,4-11H2,1H3,(H2,23,28)(H,24,30)/t13-/m1/s1. The topological polar surface area (TPSA) is 99.0 Å². The highest BCUT2D eigenvalue weighted by atomic mass is 35.5. The maximum atomic E-state index is 12.6. The Bertz CT molecular complexity index is 806. The Morgan fingerprint density at radius 2 is 1.63 bits per heavy atom. The van der Waals surface area contributed by atoms with Crippen LogP contribution in [-0.4, -0.2) is 73.0 Å². The quantitative estimate of drug-likeness (QED) is 0.724. The molecule has 0 unspecified atom stereocenters. The van der Waals surface area contributed by atoms with Crippen LogP contribution in [0.15, 0.2) is 18.2 Å². The summed E-state index contributed by atoms with van der Waals surface area (Å²) in [6, 6.07) is 4.61. The van der Waals surface area contributed by atoms with Gasteiger partial charge in [-0.1, -0.05) is 23.2 Å². The van der Waals surface area contributed by atoms with Crippen molar-refractivity contribution in [2.24, 2.45) is 11.7 Å². The number of amides is 4. The van der Waals surface area contributed by atoms with E-state index in [4.69, 9.17) is 28.9 Å². The summed E-state index contributed by atoms with van der Waals surface area (Å²) in [6.07, 6.45) is 1.14. The van der Waals surface area contributed by atoms with Gasteiger partial charge in [-0.2, -0.15) is 0 Å². The van der Waals surface area contributed by atoms with E-state index in [1.807, 2.05) is 12.1 Å². The first kappa shape index (κ1) is 22.5. The molecule has 0 radical (unpaired) electrons. The number of primary amides is 1. The Morgan fingerprint density at radius 3 is 2.20 bits per heavy atom. The summed E-state index contributed by atoms with van der Waals surface area (Å²) in [5, 5.41) is 3.81. The Morgan fingerprint density at radius 1 is 1.00 bits per heavy atom. The van der Waals surface area contributed by atoms with Gasteiger partial charge < -0.3 is 25.8 Å². The van der Waals surface area contributed by atoms with E-state index in [9.17, 15) is 14.4 Å². The number of nitrogens with zero attached hydrogens (tertiary/aromatic N) is 3. The third kappa shape index (κ3) is 5.29. The van der Waals surface area contributed by atoms with Crippen LogP contribution in [0.4, 0.5) is 10.5 Å². The molecule has 0 bridgehead atoms. The van der Waals surface area contributed by atoms with E-state index < -0.39 is 6.04 Å². The molecule has 1 atom stereocenters. The maximum absolute atomic E-state index is 12.6. The minimum Gasteiger partial charge on any atom is -0.369 e. The van der Waals surface area contributed by atoms with Crippen molar-refractivity contribution in [2.45, 2.75) is 25.8 Å². The number of hydrogen-bond acceptors (Lipinski definition) is 4. The first-order chi connectivity index (χ1) is 14.3. The fourth-order valence-corrected chi connectivity index (χ4v) is 4.14. The SMILES string of the molecule is C[C@@H](NC(=O)N1CCN(c2ccc(Cl)c(Cl)c2)CC1)C(=O)N1CCC(C(N)=O)CC1. The van der Waals surface area contributed by atoms with E-state index in [0.717, 1.165) is 5.69 Å². The summed E-state index contributed by atoms with van der Waals surface area (Å²) < 4.78 is 0. The molecule has 1 aromatic rings. The molecule has 2 aliphatic rings. The van der Waals surface area contributed by atoms with Crippen LogP contribution in [0.1, 0.15) is 19.8 Å². The number of hydrogen-bond donors (Lipinski definition) is 2. The number of carbonyl (C=O) groups excluding carboxylic acids is 3. The molecule has 2 fully saturated rings. The zero-order valence-corrected chi connectivity index (χ0v) is 18.5. The van der Waals surface area contributed by atoms with Crippen molar-refractivity contribution < 1.29 is 14.4 Å². The Balaban J connectivity index is 1.46. The van der Waals surface area contributed by atoms with E-state index in [1.54, 1.807) is 22.8 Å². The van der Waals surface area contributed by atoms with Crippen LogP contribution in [0, 0.1) is 5.92 Å². The fourth-order valence-electron chi connectivity index (χ4n) is 3.85. The molecule has 164 valence electrons. The molecule has 3 rings (SSSR count). The first-order valence-electron chi connectivity index (χ1n) is 10.1. The van der Waals surface area contributed by atoms with Gasteiger partial charge in [0.15, 0.2) is 0 Å². The molecule has 0 aliphatic carbocycles. The van der Waals surface area contributed by atoms with Crippen LogP contribution in [0.25, 0.3) is 0 Å². The van der Waals surface area contributed by atoms with Crippen molar-refractivity contribution >= 4 is 46.7 Å². The van der Waals surface area contributed by atoms with Gasteiger partial charge >= 0.3 is 6.03 Å². The first-order valence-corrected chi connectivity index (χ1v) is 10.9. The van der Waals surface area contributed by atoms with Crippen LogP contribution in [-0.2, 0) is 9.59 Å². The van der Waals surface area contributed by atoms with Gasteiger partial charge in [0.25, 0.3) is 0 Å². The van der Waals surface area contributed by atoms with Crippen LogP contribution in [0.3, 0.4) is 0 Å². The van der Waals surface area contributed by atoms with Gasteiger partial charge in [0.2, 0.25) is 11.8 Å². The summed E-state index contributed by atoms with van der Waals surface area (Å²) in [6.45, 7) is 5.05. The number of likely N-dealkylation sites (tertiary alicyclic amines) is 1. The number of benzene rings is 1. The van der Waals surface area contributed by atoms with Gasteiger partial charge in [-0.3, -0.25) is 9.59 Å². The molecule has 8 nitrogen and oxygen atoms in total. The lowest BCUT2D eigenvalue weighted by Gasteiger charge is -2.37. The van der Waals surface area contributed by atoms with Gasteiger partial charge in [0, 0.05) is 50.9 Å². The van der Waals surface area contributed by atoms with E-state index in [0.29, 0.717) is 62.2 Å². The lowest BCUT2D eigenvalue weighted by Crippen LogP contribution is -2.56. The molecule has 1 aromatic carbocycles. The summed E-state index contributed by atoms with van der Waals surface area (Å²) >= 11 is 12.1. The number of carbonyl (C=O) groups is 3. The Labute approximate surface area is 186 Å². The Kier molecular flexibility index (Phi) is 7.31. The molecule has 2 saturated heterocycles. The average Bonchev–Trinajstić information content (AvgIpc) is 2.75. The van der Waals surface area contributed by atoms with Crippen molar-refractivity contribution in [3.63, 3.8) is 0 Å². The molecule has 2 aliphatic heterocycles. The normalized spacial score (nSPS) is 18.8. The molecule has 2 heterocycles. The second-order valence-electron chi connectivity index (χ2n) is 7.75. The highest BCUT2D eigenvalue weighted by Gasteiger charge is 2.30. The zero-order chi connectivity index (χ0) is 21.8. The minimum atomic E-state index is -0.629. The molecule has 3 N–H and O–H groups in total. The molecule has 0 spiro atoms. The zero-order valence-electron chi connectivity index (χ0n) is 16.9. The van der Waals surface area contributed by atoms with Gasteiger partial charge in [0.05, 0.1) is 10.0 Å². The minimum absolute atomic E-state index is 0.138. The predicted molar refractivity (Wildman–Crippen MR) is 117 cm³/mol. The van der Waals surface area contributed by atoms with Gasteiger partial charge in [-0.15, -0.1) is 0 Å². The average molecular weight is 456 g/mol. The van der Waals surface area contributed by atoms with Crippen LogP contribution in [0.5, 0.6) is 0 Å². The molecular weight excluding hydrogens is 429 g/mol. The number of rotatable bonds is 4. The van der Waals surface area contributed by atoms with Crippen molar-refractivity contribution in [1.29, 1.82) is 0 Å². The molecular formula is C20H27Cl2N5O3. The van der Waals surface area contributed by atoms with Crippen LogP contribution >= 0.6 is 23.2 Å². The van der Waals surface area contributed by atoms with Crippen molar-refractivity contribution in [3.05, 3.63) is 28.2 Å². The second-order valence-corrected chi connectivity index (χ2v) is 8.56. The summed E-state index contributed by atoms with van der Waals surface area (Å²) in [4.78, 5) is 42.0.